The number of carbonyl (C=O) groups excluding carboxylic acids is 3. The van der Waals surface area contributed by atoms with E-state index in [1.54, 1.807) is 12.1 Å². The van der Waals surface area contributed by atoms with Crippen molar-refractivity contribution >= 4 is 34.7 Å². The number of carbonyl (C=O) groups is 3. The zero-order chi connectivity index (χ0) is 21.5. The summed E-state index contributed by atoms with van der Waals surface area (Å²) in [5.41, 5.74) is 2.82. The number of hydrogen-bond acceptors (Lipinski definition) is 4. The monoisotopic (exact) mass is 427 g/mol. The molecular formula is C23H29N3O3S. The van der Waals surface area contributed by atoms with E-state index in [4.69, 9.17) is 0 Å². The Morgan fingerprint density at radius 1 is 1.07 bits per heavy atom. The van der Waals surface area contributed by atoms with Crippen molar-refractivity contribution in [3.8, 4) is 0 Å². The molecule has 1 aromatic heterocycles. The van der Waals surface area contributed by atoms with E-state index < -0.39 is 0 Å². The average molecular weight is 428 g/mol. The summed E-state index contributed by atoms with van der Waals surface area (Å²) in [6.07, 6.45) is 5.43. The van der Waals surface area contributed by atoms with Gasteiger partial charge in [0.25, 0.3) is 5.91 Å². The molecule has 0 saturated heterocycles. The van der Waals surface area contributed by atoms with Crippen LogP contribution in [0.1, 0.15) is 52.9 Å². The number of amides is 3. The van der Waals surface area contributed by atoms with Gasteiger partial charge < -0.3 is 15.5 Å². The van der Waals surface area contributed by atoms with E-state index in [9.17, 15) is 14.4 Å². The smallest absolute Gasteiger partial charge is 0.261 e. The summed E-state index contributed by atoms with van der Waals surface area (Å²) in [5.74, 6) is -0.773. The zero-order valence-corrected chi connectivity index (χ0v) is 18.4. The van der Waals surface area contributed by atoms with Crippen LogP contribution in [-0.4, -0.2) is 36.9 Å². The molecule has 7 heteroatoms. The van der Waals surface area contributed by atoms with Gasteiger partial charge in [-0.05, 0) is 61.4 Å². The van der Waals surface area contributed by atoms with Crippen LogP contribution in [0, 0.1) is 13.8 Å². The van der Waals surface area contributed by atoms with Crippen molar-refractivity contribution in [1.82, 2.24) is 10.6 Å². The zero-order valence-electron chi connectivity index (χ0n) is 17.6. The lowest BCUT2D eigenvalue weighted by Crippen LogP contribution is -2.47. The van der Waals surface area contributed by atoms with Crippen molar-refractivity contribution in [2.45, 2.75) is 52.0 Å². The fourth-order valence-corrected chi connectivity index (χ4v) is 4.27. The maximum absolute atomic E-state index is 13.0. The summed E-state index contributed by atoms with van der Waals surface area (Å²) < 4.78 is 0. The average Bonchev–Trinajstić information content (AvgIpc) is 3.28. The first-order chi connectivity index (χ1) is 14.4. The van der Waals surface area contributed by atoms with Gasteiger partial charge in [0.2, 0.25) is 11.8 Å². The van der Waals surface area contributed by atoms with Crippen LogP contribution in [-0.2, 0) is 9.59 Å². The van der Waals surface area contributed by atoms with Gasteiger partial charge in [-0.1, -0.05) is 31.4 Å². The molecule has 0 spiro atoms. The standard InChI is InChI=1S/C23H29N3O3S/c1-16-10-11-19(13-17(16)2)26(15-21(27)25-18-7-4-3-5-8-18)22(28)14-24-23(29)20-9-6-12-30-20/h6,9-13,18H,3-5,7-8,14-15H2,1-2H3,(H,24,29)(H,25,27). The van der Waals surface area contributed by atoms with E-state index in [-0.39, 0.29) is 36.9 Å². The number of benzene rings is 1. The highest BCUT2D eigenvalue weighted by Crippen LogP contribution is 2.20. The molecule has 0 atom stereocenters. The number of anilines is 1. The Morgan fingerprint density at radius 2 is 1.83 bits per heavy atom. The SMILES string of the molecule is Cc1ccc(N(CC(=O)NC2CCCCC2)C(=O)CNC(=O)c2cccs2)cc1C. The minimum atomic E-state index is -0.318. The molecule has 0 aliphatic heterocycles. The van der Waals surface area contributed by atoms with Crippen LogP contribution in [0.15, 0.2) is 35.7 Å². The van der Waals surface area contributed by atoms with E-state index >= 15 is 0 Å². The number of hydrogen-bond donors (Lipinski definition) is 2. The molecule has 3 rings (SSSR count). The van der Waals surface area contributed by atoms with Gasteiger partial charge in [0.05, 0.1) is 11.4 Å². The topological polar surface area (TPSA) is 78.5 Å². The van der Waals surface area contributed by atoms with Gasteiger partial charge in [0.15, 0.2) is 0 Å². The minimum Gasteiger partial charge on any atom is -0.352 e. The summed E-state index contributed by atoms with van der Waals surface area (Å²) in [6.45, 7) is 3.75. The first-order valence-corrected chi connectivity index (χ1v) is 11.3. The Kier molecular flexibility index (Phi) is 7.63. The molecule has 1 fully saturated rings. The molecule has 3 amide bonds. The van der Waals surface area contributed by atoms with Gasteiger partial charge >= 0.3 is 0 Å². The molecule has 2 N–H and O–H groups in total. The molecule has 1 aliphatic rings. The molecule has 2 aromatic rings. The summed E-state index contributed by atoms with van der Waals surface area (Å²) >= 11 is 1.32. The third kappa shape index (κ3) is 5.92. The molecule has 1 aliphatic carbocycles. The molecule has 0 unspecified atom stereocenters. The molecule has 1 aromatic carbocycles. The molecule has 1 heterocycles. The highest BCUT2D eigenvalue weighted by molar-refractivity contribution is 7.12. The summed E-state index contributed by atoms with van der Waals surface area (Å²) in [5, 5.41) is 7.55. The van der Waals surface area contributed by atoms with Crippen LogP contribution in [0.2, 0.25) is 0 Å². The van der Waals surface area contributed by atoms with Crippen molar-refractivity contribution in [3.05, 3.63) is 51.7 Å². The van der Waals surface area contributed by atoms with Gasteiger partial charge in [0, 0.05) is 11.7 Å². The number of aryl methyl sites for hydroxylation is 2. The van der Waals surface area contributed by atoms with Crippen LogP contribution in [0.3, 0.4) is 0 Å². The molecule has 30 heavy (non-hydrogen) atoms. The third-order valence-electron chi connectivity index (χ3n) is 5.52. The number of thiophene rings is 1. The minimum absolute atomic E-state index is 0.0628. The second-order valence-electron chi connectivity index (χ2n) is 7.81. The lowest BCUT2D eigenvalue weighted by molar-refractivity contribution is -0.124. The summed E-state index contributed by atoms with van der Waals surface area (Å²) in [7, 11) is 0. The van der Waals surface area contributed by atoms with Gasteiger partial charge in [0.1, 0.15) is 6.54 Å². The van der Waals surface area contributed by atoms with Crippen LogP contribution >= 0.6 is 11.3 Å². The van der Waals surface area contributed by atoms with Crippen molar-refractivity contribution < 1.29 is 14.4 Å². The summed E-state index contributed by atoms with van der Waals surface area (Å²) in [4.78, 5) is 39.9. The Morgan fingerprint density at radius 3 is 2.50 bits per heavy atom. The third-order valence-corrected chi connectivity index (χ3v) is 6.39. The van der Waals surface area contributed by atoms with Gasteiger partial charge in [-0.2, -0.15) is 0 Å². The van der Waals surface area contributed by atoms with Crippen molar-refractivity contribution in [2.24, 2.45) is 0 Å². The highest BCUT2D eigenvalue weighted by atomic mass is 32.1. The van der Waals surface area contributed by atoms with Crippen LogP contribution in [0.25, 0.3) is 0 Å². The Hall–Kier alpha value is -2.67. The quantitative estimate of drug-likeness (QED) is 0.709. The number of nitrogens with one attached hydrogen (secondary N) is 2. The normalized spacial score (nSPS) is 14.2. The number of nitrogens with zero attached hydrogens (tertiary/aromatic N) is 1. The maximum Gasteiger partial charge on any atom is 0.261 e. The first-order valence-electron chi connectivity index (χ1n) is 10.4. The van der Waals surface area contributed by atoms with Gasteiger partial charge in [-0.25, -0.2) is 0 Å². The molecule has 0 radical (unpaired) electrons. The van der Waals surface area contributed by atoms with E-state index in [0.717, 1.165) is 36.8 Å². The van der Waals surface area contributed by atoms with E-state index in [0.29, 0.717) is 10.6 Å². The van der Waals surface area contributed by atoms with Crippen molar-refractivity contribution in [3.63, 3.8) is 0 Å². The Bertz CT molecular complexity index is 889. The van der Waals surface area contributed by atoms with Crippen LogP contribution in [0.5, 0.6) is 0 Å². The maximum atomic E-state index is 13.0. The molecule has 0 bridgehead atoms. The second-order valence-corrected chi connectivity index (χ2v) is 8.76. The van der Waals surface area contributed by atoms with E-state index in [2.05, 4.69) is 10.6 Å². The fraction of sp³-hybridized carbons (Fsp3) is 0.435. The van der Waals surface area contributed by atoms with Crippen LogP contribution in [0.4, 0.5) is 5.69 Å². The highest BCUT2D eigenvalue weighted by Gasteiger charge is 2.23. The molecule has 160 valence electrons. The van der Waals surface area contributed by atoms with Crippen molar-refractivity contribution in [2.75, 3.05) is 18.0 Å². The van der Waals surface area contributed by atoms with Gasteiger partial charge in [-0.15, -0.1) is 11.3 Å². The van der Waals surface area contributed by atoms with Crippen molar-refractivity contribution in [1.29, 1.82) is 0 Å². The lowest BCUT2D eigenvalue weighted by Gasteiger charge is -2.26. The molecule has 1 saturated carbocycles. The number of rotatable bonds is 7. The molecular weight excluding hydrogens is 398 g/mol. The first kappa shape index (κ1) is 22.0. The predicted molar refractivity (Wildman–Crippen MR) is 120 cm³/mol. The summed E-state index contributed by atoms with van der Waals surface area (Å²) in [6, 6.07) is 9.37. The van der Waals surface area contributed by atoms with E-state index in [1.165, 1.54) is 22.7 Å². The predicted octanol–water partition coefficient (Wildman–Crippen LogP) is 3.58. The van der Waals surface area contributed by atoms with Crippen LogP contribution < -0.4 is 15.5 Å². The van der Waals surface area contributed by atoms with E-state index in [1.807, 2.05) is 37.4 Å². The Labute approximate surface area is 181 Å². The second kappa shape index (κ2) is 10.4. The van der Waals surface area contributed by atoms with Gasteiger partial charge in [-0.3, -0.25) is 14.4 Å². The largest absolute Gasteiger partial charge is 0.352 e. The lowest BCUT2D eigenvalue weighted by atomic mass is 9.95. The fourth-order valence-electron chi connectivity index (χ4n) is 3.63. The molecule has 6 nitrogen and oxygen atoms in total. The Balaban J connectivity index is 1.69.